The highest BCUT2D eigenvalue weighted by Crippen LogP contribution is 2.32. The van der Waals surface area contributed by atoms with Gasteiger partial charge in [-0.2, -0.15) is 0 Å². The Kier molecular flexibility index (Phi) is 4.28. The van der Waals surface area contributed by atoms with Gasteiger partial charge in [-0.1, -0.05) is 6.92 Å². The van der Waals surface area contributed by atoms with Crippen LogP contribution in [0.4, 0.5) is 0 Å². The Morgan fingerprint density at radius 2 is 2.00 bits per heavy atom. The van der Waals surface area contributed by atoms with Crippen LogP contribution in [0.2, 0.25) is 0 Å². The number of hydrogen-bond acceptors (Lipinski definition) is 5. The lowest BCUT2D eigenvalue weighted by Gasteiger charge is -2.19. The van der Waals surface area contributed by atoms with Crippen LogP contribution in [0.15, 0.2) is 23.1 Å². The van der Waals surface area contributed by atoms with E-state index in [0.29, 0.717) is 31.1 Å². The highest BCUT2D eigenvalue weighted by molar-refractivity contribution is 7.89. The predicted molar refractivity (Wildman–Crippen MR) is 68.9 cm³/mol. The van der Waals surface area contributed by atoms with Gasteiger partial charge in [0, 0.05) is 12.1 Å². The molecule has 7 heteroatoms. The fraction of sp³-hybridized carbons (Fsp3) is 0.500. The van der Waals surface area contributed by atoms with Crippen molar-refractivity contribution in [3.63, 3.8) is 0 Å². The molecule has 2 N–H and O–H groups in total. The third-order valence-corrected chi connectivity index (χ3v) is 4.38. The summed E-state index contributed by atoms with van der Waals surface area (Å²) in [5.74, 6) is 0.963. The van der Waals surface area contributed by atoms with Gasteiger partial charge >= 0.3 is 0 Å². The molecule has 0 aromatic heterocycles. The monoisotopic (exact) mass is 287 g/mol. The smallest absolute Gasteiger partial charge is 0.241 e. The number of aliphatic hydroxyl groups is 1. The lowest BCUT2D eigenvalue weighted by atomic mass is 10.3. The fourth-order valence-corrected chi connectivity index (χ4v) is 3.05. The number of sulfonamides is 1. The van der Waals surface area contributed by atoms with Crippen LogP contribution in [0.1, 0.15) is 13.3 Å². The molecule has 0 bridgehead atoms. The summed E-state index contributed by atoms with van der Waals surface area (Å²) in [5.41, 5.74) is 0. The highest BCUT2D eigenvalue weighted by atomic mass is 32.2. The highest BCUT2D eigenvalue weighted by Gasteiger charge is 2.21. The Balaban J connectivity index is 2.25. The molecule has 0 amide bonds. The molecule has 6 nitrogen and oxygen atoms in total. The van der Waals surface area contributed by atoms with Gasteiger partial charge in [0.05, 0.1) is 11.5 Å². The van der Waals surface area contributed by atoms with Crippen LogP contribution in [0.5, 0.6) is 11.5 Å². The van der Waals surface area contributed by atoms with E-state index in [-0.39, 0.29) is 11.5 Å². The van der Waals surface area contributed by atoms with Crippen molar-refractivity contribution in [1.82, 2.24) is 4.72 Å². The maximum atomic E-state index is 12.1. The first-order valence-electron chi connectivity index (χ1n) is 6.09. The first-order valence-corrected chi connectivity index (χ1v) is 7.58. The van der Waals surface area contributed by atoms with Crippen molar-refractivity contribution in [2.24, 2.45) is 0 Å². The van der Waals surface area contributed by atoms with E-state index in [1.54, 1.807) is 13.0 Å². The van der Waals surface area contributed by atoms with Gasteiger partial charge in [0.15, 0.2) is 11.5 Å². The van der Waals surface area contributed by atoms with E-state index in [9.17, 15) is 8.42 Å². The molecule has 1 aromatic rings. The van der Waals surface area contributed by atoms with Crippen LogP contribution in [-0.2, 0) is 10.0 Å². The predicted octanol–water partition coefficient (Wildman–Crippen LogP) is 0.507. The van der Waals surface area contributed by atoms with Crippen molar-refractivity contribution < 1.29 is 23.0 Å². The van der Waals surface area contributed by atoms with E-state index in [1.807, 2.05) is 0 Å². The third kappa shape index (κ3) is 3.17. The zero-order chi connectivity index (χ0) is 13.9. The van der Waals surface area contributed by atoms with E-state index in [1.165, 1.54) is 12.1 Å². The van der Waals surface area contributed by atoms with Gasteiger partial charge in [0.2, 0.25) is 10.0 Å². The molecule has 1 unspecified atom stereocenters. The summed E-state index contributed by atoms with van der Waals surface area (Å²) >= 11 is 0. The number of ether oxygens (including phenoxy) is 2. The summed E-state index contributed by atoms with van der Waals surface area (Å²) in [7, 11) is -3.66. The molecule has 0 fully saturated rings. The summed E-state index contributed by atoms with van der Waals surface area (Å²) in [6.07, 6.45) is 0.514. The molecular weight excluding hydrogens is 270 g/mol. The molecule has 1 aromatic carbocycles. The second kappa shape index (κ2) is 5.77. The van der Waals surface area contributed by atoms with Crippen LogP contribution in [0.25, 0.3) is 0 Å². The summed E-state index contributed by atoms with van der Waals surface area (Å²) in [6.45, 7) is 2.42. The van der Waals surface area contributed by atoms with Crippen LogP contribution in [0.3, 0.4) is 0 Å². The minimum Gasteiger partial charge on any atom is -0.486 e. The van der Waals surface area contributed by atoms with E-state index >= 15 is 0 Å². The van der Waals surface area contributed by atoms with Crippen LogP contribution >= 0.6 is 0 Å². The topological polar surface area (TPSA) is 84.9 Å². The standard InChI is InChI=1S/C12H17NO5S/c1-2-9(8-14)13-19(15,16)10-3-4-11-12(7-10)18-6-5-17-11/h3-4,7,9,13-14H,2,5-6,8H2,1H3. The van der Waals surface area contributed by atoms with E-state index in [4.69, 9.17) is 14.6 Å². The number of nitrogens with one attached hydrogen (secondary N) is 1. The van der Waals surface area contributed by atoms with Crippen LogP contribution < -0.4 is 14.2 Å². The number of fused-ring (bicyclic) bond motifs is 1. The summed E-state index contributed by atoms with van der Waals surface area (Å²) < 4.78 is 37.4. The molecule has 1 aliphatic rings. The fourth-order valence-electron chi connectivity index (χ4n) is 1.73. The Labute approximate surface area is 112 Å². The summed E-state index contributed by atoms with van der Waals surface area (Å²) in [6, 6.07) is 3.97. The molecule has 0 aliphatic carbocycles. The Hall–Kier alpha value is -1.31. The summed E-state index contributed by atoms with van der Waals surface area (Å²) in [5, 5.41) is 9.06. The van der Waals surface area contributed by atoms with Gasteiger partial charge in [-0.05, 0) is 18.6 Å². The van der Waals surface area contributed by atoms with Crippen LogP contribution in [-0.4, -0.2) is 39.4 Å². The maximum absolute atomic E-state index is 12.1. The summed E-state index contributed by atoms with van der Waals surface area (Å²) in [4.78, 5) is 0.101. The van der Waals surface area contributed by atoms with Crippen molar-refractivity contribution in [3.8, 4) is 11.5 Å². The van der Waals surface area contributed by atoms with E-state index in [2.05, 4.69) is 4.72 Å². The Bertz CT molecular complexity index is 539. The lowest BCUT2D eigenvalue weighted by Crippen LogP contribution is -2.36. The van der Waals surface area contributed by atoms with Crippen molar-refractivity contribution >= 4 is 10.0 Å². The van der Waals surface area contributed by atoms with Gasteiger partial charge < -0.3 is 14.6 Å². The van der Waals surface area contributed by atoms with Crippen molar-refractivity contribution in [2.45, 2.75) is 24.3 Å². The van der Waals surface area contributed by atoms with E-state index < -0.39 is 16.1 Å². The molecule has 0 saturated heterocycles. The molecule has 0 saturated carbocycles. The third-order valence-electron chi connectivity index (χ3n) is 2.86. The van der Waals surface area contributed by atoms with Crippen molar-refractivity contribution in [2.75, 3.05) is 19.8 Å². The second-order valence-corrected chi connectivity index (χ2v) is 5.93. The molecule has 19 heavy (non-hydrogen) atoms. The number of rotatable bonds is 5. The van der Waals surface area contributed by atoms with Gasteiger partial charge in [-0.25, -0.2) is 13.1 Å². The van der Waals surface area contributed by atoms with Crippen molar-refractivity contribution in [1.29, 1.82) is 0 Å². The van der Waals surface area contributed by atoms with Gasteiger partial charge in [0.25, 0.3) is 0 Å². The Morgan fingerprint density at radius 1 is 1.32 bits per heavy atom. The average Bonchev–Trinajstić information content (AvgIpc) is 2.44. The molecule has 106 valence electrons. The molecule has 1 heterocycles. The molecule has 1 aliphatic heterocycles. The minimum atomic E-state index is -3.66. The Morgan fingerprint density at radius 3 is 2.63 bits per heavy atom. The number of hydrogen-bond donors (Lipinski definition) is 2. The van der Waals surface area contributed by atoms with Gasteiger partial charge in [-0.15, -0.1) is 0 Å². The second-order valence-electron chi connectivity index (χ2n) is 4.21. The lowest BCUT2D eigenvalue weighted by molar-refractivity contribution is 0.171. The minimum absolute atomic E-state index is 0.101. The van der Waals surface area contributed by atoms with Gasteiger partial charge in [0.1, 0.15) is 13.2 Å². The quantitative estimate of drug-likeness (QED) is 0.824. The molecular formula is C12H17NO5S. The molecule has 2 rings (SSSR count). The van der Waals surface area contributed by atoms with Crippen LogP contribution in [0, 0.1) is 0 Å². The average molecular weight is 287 g/mol. The number of benzene rings is 1. The van der Waals surface area contributed by atoms with E-state index in [0.717, 1.165) is 0 Å². The SMILES string of the molecule is CCC(CO)NS(=O)(=O)c1ccc2c(c1)OCCO2. The molecule has 1 atom stereocenters. The normalized spacial score (nSPS) is 16.1. The van der Waals surface area contributed by atoms with Crippen molar-refractivity contribution in [3.05, 3.63) is 18.2 Å². The molecule has 0 spiro atoms. The zero-order valence-electron chi connectivity index (χ0n) is 10.6. The van der Waals surface area contributed by atoms with Gasteiger partial charge in [-0.3, -0.25) is 0 Å². The first-order chi connectivity index (χ1) is 9.06. The maximum Gasteiger partial charge on any atom is 0.241 e. The molecule has 0 radical (unpaired) electrons. The zero-order valence-corrected chi connectivity index (χ0v) is 11.4. The number of aliphatic hydroxyl groups excluding tert-OH is 1. The largest absolute Gasteiger partial charge is 0.486 e. The first kappa shape index (κ1) is 14.1.